The molecule has 0 radical (unpaired) electrons. The largest absolute Gasteiger partial charge is 0.341 e. The van der Waals surface area contributed by atoms with E-state index in [4.69, 9.17) is 0 Å². The number of aromatic nitrogens is 3. The van der Waals surface area contributed by atoms with Gasteiger partial charge in [0.25, 0.3) is 0 Å². The second kappa shape index (κ2) is 8.55. The van der Waals surface area contributed by atoms with Gasteiger partial charge in [0.1, 0.15) is 0 Å². The molecule has 0 spiro atoms. The number of para-hydroxylation sites is 1. The van der Waals surface area contributed by atoms with E-state index in [0.29, 0.717) is 11.8 Å². The van der Waals surface area contributed by atoms with Crippen molar-refractivity contribution in [1.29, 1.82) is 0 Å². The van der Waals surface area contributed by atoms with Gasteiger partial charge in [0.2, 0.25) is 11.9 Å². The maximum atomic E-state index is 12.7. The third-order valence-corrected chi connectivity index (χ3v) is 6.49. The van der Waals surface area contributed by atoms with Gasteiger partial charge in [-0.3, -0.25) is 9.36 Å². The fourth-order valence-electron chi connectivity index (χ4n) is 3.86. The van der Waals surface area contributed by atoms with Gasteiger partial charge in [-0.25, -0.2) is 0 Å². The summed E-state index contributed by atoms with van der Waals surface area (Å²) >= 11 is 1.50. The first-order valence-corrected chi connectivity index (χ1v) is 11.4. The van der Waals surface area contributed by atoms with E-state index in [2.05, 4.69) is 57.0 Å². The Labute approximate surface area is 171 Å². The normalized spacial score (nSPS) is 16.6. The zero-order valence-electron chi connectivity index (χ0n) is 16.8. The molecule has 7 heteroatoms. The van der Waals surface area contributed by atoms with Crippen molar-refractivity contribution >= 4 is 29.3 Å². The highest BCUT2D eigenvalue weighted by atomic mass is 32.2. The molecule has 28 heavy (non-hydrogen) atoms. The number of amides is 1. The Kier molecular flexibility index (Phi) is 5.90. The smallest absolute Gasteiger partial charge is 0.234 e. The Morgan fingerprint density at radius 2 is 1.82 bits per heavy atom. The maximum Gasteiger partial charge on any atom is 0.234 e. The average Bonchev–Trinajstić information content (AvgIpc) is 3.23. The van der Waals surface area contributed by atoms with Crippen molar-refractivity contribution in [3.63, 3.8) is 0 Å². The van der Waals surface area contributed by atoms with Crippen LogP contribution in [-0.4, -0.2) is 39.5 Å². The number of thioether (sulfide) groups is 1. The lowest BCUT2D eigenvalue weighted by Crippen LogP contribution is -2.22. The predicted octanol–water partition coefficient (Wildman–Crippen LogP) is 4.07. The number of carbonyl (C=O) groups is 1. The van der Waals surface area contributed by atoms with Gasteiger partial charge in [0, 0.05) is 24.8 Å². The topological polar surface area (TPSA) is 63.1 Å². The van der Waals surface area contributed by atoms with Crippen LogP contribution in [0.5, 0.6) is 0 Å². The second-order valence-corrected chi connectivity index (χ2v) is 8.52. The molecule has 150 valence electrons. The average molecular weight is 400 g/mol. The lowest BCUT2D eigenvalue weighted by atomic mass is 10.0. The van der Waals surface area contributed by atoms with Crippen LogP contribution in [0, 0.1) is 0 Å². The minimum Gasteiger partial charge on any atom is -0.341 e. The molecule has 2 fully saturated rings. The molecule has 1 aromatic heterocycles. The number of aryl methyl sites for hydroxylation is 2. The van der Waals surface area contributed by atoms with E-state index in [1.165, 1.54) is 48.6 Å². The fraction of sp³-hybridized carbons (Fsp3) is 0.571. The first kappa shape index (κ1) is 19.3. The molecule has 0 atom stereocenters. The Hall–Kier alpha value is -2.02. The second-order valence-electron chi connectivity index (χ2n) is 7.57. The van der Waals surface area contributed by atoms with Crippen molar-refractivity contribution in [3.8, 4) is 0 Å². The van der Waals surface area contributed by atoms with Gasteiger partial charge in [-0.1, -0.05) is 43.8 Å². The SMILES string of the molecule is CCc1cccc(CC)c1NC(=O)CSc1nnc(N2CCCC2)n1C1CC1. The van der Waals surface area contributed by atoms with Gasteiger partial charge < -0.3 is 10.2 Å². The molecule has 1 aliphatic carbocycles. The molecule has 2 aromatic rings. The summed E-state index contributed by atoms with van der Waals surface area (Å²) in [4.78, 5) is 15.0. The van der Waals surface area contributed by atoms with E-state index in [9.17, 15) is 4.79 Å². The summed E-state index contributed by atoms with van der Waals surface area (Å²) in [6.07, 6.45) is 6.63. The van der Waals surface area contributed by atoms with Crippen molar-refractivity contribution in [2.75, 3.05) is 29.1 Å². The Balaban J connectivity index is 1.45. The zero-order chi connectivity index (χ0) is 19.5. The van der Waals surface area contributed by atoms with E-state index in [1.54, 1.807) is 0 Å². The molecule has 1 aliphatic heterocycles. The first-order valence-electron chi connectivity index (χ1n) is 10.4. The van der Waals surface area contributed by atoms with Crippen LogP contribution in [0.3, 0.4) is 0 Å². The van der Waals surface area contributed by atoms with Gasteiger partial charge in [0.05, 0.1) is 5.75 Å². The van der Waals surface area contributed by atoms with Crippen molar-refractivity contribution in [3.05, 3.63) is 29.3 Å². The number of nitrogens with one attached hydrogen (secondary N) is 1. The third kappa shape index (κ3) is 4.04. The van der Waals surface area contributed by atoms with Crippen LogP contribution in [0.15, 0.2) is 23.4 Å². The molecule has 1 N–H and O–H groups in total. The molecule has 2 heterocycles. The Morgan fingerprint density at radius 3 is 2.43 bits per heavy atom. The highest BCUT2D eigenvalue weighted by Gasteiger charge is 2.32. The van der Waals surface area contributed by atoms with Crippen LogP contribution in [-0.2, 0) is 17.6 Å². The van der Waals surface area contributed by atoms with Crippen molar-refractivity contribution in [2.45, 2.75) is 63.6 Å². The van der Waals surface area contributed by atoms with E-state index < -0.39 is 0 Å². The summed E-state index contributed by atoms with van der Waals surface area (Å²) in [5, 5.41) is 12.9. The van der Waals surface area contributed by atoms with Gasteiger partial charge >= 0.3 is 0 Å². The summed E-state index contributed by atoms with van der Waals surface area (Å²) in [5.74, 6) is 1.37. The third-order valence-electron chi connectivity index (χ3n) is 5.54. The quantitative estimate of drug-likeness (QED) is 0.678. The van der Waals surface area contributed by atoms with Crippen LogP contribution in [0.1, 0.15) is 56.7 Å². The zero-order valence-corrected chi connectivity index (χ0v) is 17.6. The molecule has 4 rings (SSSR count). The van der Waals surface area contributed by atoms with Gasteiger partial charge in [0.15, 0.2) is 5.16 Å². The molecule has 1 saturated carbocycles. The highest BCUT2D eigenvalue weighted by molar-refractivity contribution is 7.99. The van der Waals surface area contributed by atoms with E-state index >= 15 is 0 Å². The van der Waals surface area contributed by atoms with Crippen LogP contribution < -0.4 is 10.2 Å². The van der Waals surface area contributed by atoms with Crippen molar-refractivity contribution in [1.82, 2.24) is 14.8 Å². The van der Waals surface area contributed by atoms with E-state index in [0.717, 1.165) is 42.7 Å². The monoisotopic (exact) mass is 399 g/mol. The number of carbonyl (C=O) groups excluding carboxylic acids is 1. The molecular formula is C21H29N5OS. The number of hydrogen-bond donors (Lipinski definition) is 1. The number of rotatable bonds is 8. The van der Waals surface area contributed by atoms with Crippen LogP contribution in [0.25, 0.3) is 0 Å². The minimum absolute atomic E-state index is 0.0219. The highest BCUT2D eigenvalue weighted by Crippen LogP contribution is 2.41. The molecule has 2 aliphatic rings. The van der Waals surface area contributed by atoms with Gasteiger partial charge in [-0.2, -0.15) is 0 Å². The van der Waals surface area contributed by atoms with E-state index in [-0.39, 0.29) is 5.91 Å². The van der Waals surface area contributed by atoms with Crippen LogP contribution in [0.2, 0.25) is 0 Å². The van der Waals surface area contributed by atoms with Gasteiger partial charge in [-0.05, 0) is 49.7 Å². The maximum absolute atomic E-state index is 12.7. The van der Waals surface area contributed by atoms with Crippen LogP contribution >= 0.6 is 11.8 Å². The lowest BCUT2D eigenvalue weighted by Gasteiger charge is -2.18. The number of nitrogens with zero attached hydrogens (tertiary/aromatic N) is 4. The lowest BCUT2D eigenvalue weighted by molar-refractivity contribution is -0.113. The van der Waals surface area contributed by atoms with Crippen molar-refractivity contribution in [2.24, 2.45) is 0 Å². The van der Waals surface area contributed by atoms with Crippen molar-refractivity contribution < 1.29 is 4.79 Å². The molecule has 6 nitrogen and oxygen atoms in total. The minimum atomic E-state index is 0.0219. The first-order chi connectivity index (χ1) is 13.7. The summed E-state index contributed by atoms with van der Waals surface area (Å²) in [5.41, 5.74) is 3.37. The molecular weight excluding hydrogens is 370 g/mol. The van der Waals surface area contributed by atoms with E-state index in [1.807, 2.05) is 0 Å². The van der Waals surface area contributed by atoms with Crippen LogP contribution in [0.4, 0.5) is 11.6 Å². The number of benzene rings is 1. The number of anilines is 2. The number of hydrogen-bond acceptors (Lipinski definition) is 5. The summed E-state index contributed by atoms with van der Waals surface area (Å²) in [6.45, 7) is 6.36. The van der Waals surface area contributed by atoms with Gasteiger partial charge in [-0.15, -0.1) is 10.2 Å². The summed E-state index contributed by atoms with van der Waals surface area (Å²) in [7, 11) is 0. The predicted molar refractivity (Wildman–Crippen MR) is 114 cm³/mol. The molecule has 1 aromatic carbocycles. The molecule has 1 saturated heterocycles. The molecule has 0 bridgehead atoms. The summed E-state index contributed by atoms with van der Waals surface area (Å²) in [6, 6.07) is 6.76. The standard InChI is InChI=1S/C21H29N5OS/c1-3-15-8-7-9-16(4-2)19(15)22-18(27)14-28-21-24-23-20(25-12-5-6-13-25)26(21)17-10-11-17/h7-9,17H,3-6,10-14H2,1-2H3,(H,22,27). The molecule has 0 unspecified atom stereocenters. The Morgan fingerprint density at radius 1 is 1.14 bits per heavy atom. The molecule has 1 amide bonds. The fourth-order valence-corrected chi connectivity index (χ4v) is 4.66. The summed E-state index contributed by atoms with van der Waals surface area (Å²) < 4.78 is 2.26. The Bertz CT molecular complexity index is 817.